The van der Waals surface area contributed by atoms with Crippen molar-refractivity contribution in [2.45, 2.75) is 36.5 Å². The van der Waals surface area contributed by atoms with E-state index in [9.17, 15) is 0 Å². The average molecular weight is 1800 g/mol. The van der Waals surface area contributed by atoms with Crippen molar-refractivity contribution in [2.75, 3.05) is 0 Å². The van der Waals surface area contributed by atoms with E-state index in [0.29, 0.717) is 0 Å². The van der Waals surface area contributed by atoms with Crippen LogP contribution in [0.15, 0.2) is 431 Å². The fraction of sp³-hybridized carbons (Fsp3) is 0.0500. The molecule has 138 heavy (non-hydrogen) atoms. The van der Waals surface area contributed by atoms with Crippen molar-refractivity contribution in [3.8, 4) is 168 Å². The summed E-state index contributed by atoms with van der Waals surface area (Å²) in [5, 5.41) is 0. The second-order valence-corrected chi connectivity index (χ2v) is 37.9. The molecule has 0 saturated heterocycles. The number of hydrogen-bond acceptors (Lipinski definition) is 6. The van der Waals surface area contributed by atoms with Crippen LogP contribution in [0.3, 0.4) is 0 Å². The Kier molecular flexibility index (Phi) is 15.0. The van der Waals surface area contributed by atoms with Gasteiger partial charge in [-0.05, 0) is 200 Å². The Morgan fingerprint density at radius 3 is 1.28 bits per heavy atom. The van der Waals surface area contributed by atoms with Crippen LogP contribution in [0.25, 0.3) is 135 Å². The number of nitrogens with zero attached hydrogens (tertiary/aromatic N) is 12. The lowest BCUT2D eigenvalue weighted by molar-refractivity contribution is -0.988. The van der Waals surface area contributed by atoms with E-state index >= 15 is 0 Å². The van der Waals surface area contributed by atoms with Gasteiger partial charge in [0.15, 0.2) is 69.3 Å². The van der Waals surface area contributed by atoms with Crippen LogP contribution in [0.2, 0.25) is 0 Å². The Balaban J connectivity index is 0.0000000854. The number of rotatable bonds is 7. The second-order valence-electron chi connectivity index (χ2n) is 36.9. The highest BCUT2D eigenvalue weighted by molar-refractivity contribution is 7.18. The van der Waals surface area contributed by atoms with E-state index in [-0.39, 0.29) is 0 Å². The summed E-state index contributed by atoms with van der Waals surface area (Å²) in [6.45, 7) is 4.41. The molecule has 0 bridgehead atoms. The van der Waals surface area contributed by atoms with Gasteiger partial charge in [0.25, 0.3) is 0 Å². The van der Waals surface area contributed by atoms with Gasteiger partial charge in [-0.3, -0.25) is 0 Å². The lowest BCUT2D eigenvalue weighted by Gasteiger charge is -2.24. The first-order valence-electron chi connectivity index (χ1n) is 46.8. The molecular formula is C120H78N12O5S+8. The summed E-state index contributed by atoms with van der Waals surface area (Å²) >= 11 is 1.84. The molecule has 0 radical (unpaired) electrons. The maximum Gasteiger partial charge on any atom is 0.447 e. The quantitative estimate of drug-likeness (QED) is 0.148. The number of aromatic nitrogens is 12. The highest BCUT2D eigenvalue weighted by Gasteiger charge is 2.77. The minimum Gasteiger partial charge on any atom is -0.456 e. The minimum atomic E-state index is -0.554. The van der Waals surface area contributed by atoms with Gasteiger partial charge in [0.05, 0.1) is 52.6 Å². The van der Waals surface area contributed by atoms with Crippen LogP contribution in [0.5, 0.6) is 46.0 Å². The monoisotopic (exact) mass is 1800 g/mol. The van der Waals surface area contributed by atoms with Crippen LogP contribution in [0.4, 0.5) is 0 Å². The van der Waals surface area contributed by atoms with Gasteiger partial charge in [0.2, 0.25) is 47.6 Å². The number of aryl methyl sites for hydroxylation is 1. The van der Waals surface area contributed by atoms with Crippen LogP contribution in [-0.2, 0) is 22.7 Å². The Morgan fingerprint density at radius 1 is 0.275 bits per heavy atom. The lowest BCUT2D eigenvalue weighted by atomic mass is 9.85. The molecule has 0 fully saturated rings. The Labute approximate surface area is 795 Å². The Morgan fingerprint density at radius 2 is 0.710 bits per heavy atom. The van der Waals surface area contributed by atoms with Crippen LogP contribution in [0, 0.1) is 13.8 Å². The number of thiophene rings is 1. The van der Waals surface area contributed by atoms with Gasteiger partial charge in [-0.25, -0.2) is 0 Å². The molecule has 18 heteroatoms. The van der Waals surface area contributed by atoms with Crippen LogP contribution in [0.1, 0.15) is 66.8 Å². The molecular weight excluding hydrogens is 1720 g/mol. The summed E-state index contributed by atoms with van der Waals surface area (Å²) in [5.74, 6) is 9.08. The number of ether oxygens (including phenoxy) is 4. The van der Waals surface area contributed by atoms with Gasteiger partial charge >= 0.3 is 22.7 Å². The third kappa shape index (κ3) is 9.47. The van der Waals surface area contributed by atoms with Gasteiger partial charge in [-0.2, -0.15) is 0 Å². The third-order valence-electron chi connectivity index (χ3n) is 30.1. The van der Waals surface area contributed by atoms with Crippen LogP contribution in [-0.4, -0.2) is 18.7 Å². The van der Waals surface area contributed by atoms with Crippen molar-refractivity contribution in [1.82, 2.24) is 18.7 Å². The highest BCUT2D eigenvalue weighted by Crippen LogP contribution is 2.62. The smallest absolute Gasteiger partial charge is 0.447 e. The first-order valence-corrected chi connectivity index (χ1v) is 47.6. The van der Waals surface area contributed by atoms with Gasteiger partial charge in [0.1, 0.15) is 80.3 Å². The first-order chi connectivity index (χ1) is 68.3. The van der Waals surface area contributed by atoms with E-state index < -0.39 is 22.7 Å². The van der Waals surface area contributed by atoms with Gasteiger partial charge in [0, 0.05) is 86.1 Å². The zero-order valence-corrected chi connectivity index (χ0v) is 75.2. The molecule has 0 aliphatic carbocycles. The molecule has 22 heterocycles. The summed E-state index contributed by atoms with van der Waals surface area (Å²) in [7, 11) is 0. The predicted octanol–water partition coefficient (Wildman–Crippen LogP) is 21.8. The summed E-state index contributed by atoms with van der Waals surface area (Å²) in [4.78, 5) is 2.54. The fourth-order valence-electron chi connectivity index (χ4n) is 25.1. The molecule has 0 saturated carbocycles. The minimum absolute atomic E-state index is 0.482. The molecule has 12 aromatic carbocycles. The highest BCUT2D eigenvalue weighted by atomic mass is 32.1. The second kappa shape index (κ2) is 27.4. The molecule has 12 aliphatic rings. The van der Waals surface area contributed by atoms with Crippen molar-refractivity contribution in [2.24, 2.45) is 0 Å². The summed E-state index contributed by atoms with van der Waals surface area (Å²) in [5.41, 5.74) is 33.5. The van der Waals surface area contributed by atoms with E-state index in [1.165, 1.54) is 144 Å². The number of pyridine rings is 4. The molecule has 4 unspecified atom stereocenters. The first kappa shape index (κ1) is 75.5. The molecule has 22 aromatic rings. The number of benzene rings is 12. The molecule has 4 atom stereocenters. The van der Waals surface area contributed by atoms with E-state index in [4.69, 9.17) is 23.4 Å². The molecule has 0 N–H and O–H groups in total. The van der Waals surface area contributed by atoms with Crippen molar-refractivity contribution in [1.29, 1.82) is 0 Å². The maximum atomic E-state index is 6.61. The van der Waals surface area contributed by atoms with Crippen LogP contribution >= 0.6 is 11.3 Å². The Hall–Kier alpha value is -18.0. The molecule has 10 aromatic heterocycles. The topological polar surface area (TPSA) is 101 Å². The number of hydrogen-bond donors (Lipinski definition) is 0. The zero-order chi connectivity index (χ0) is 90.3. The van der Waals surface area contributed by atoms with Gasteiger partial charge in [-0.15, -0.1) is 48.3 Å². The van der Waals surface area contributed by atoms with E-state index in [1.54, 1.807) is 0 Å². The van der Waals surface area contributed by atoms with Crippen molar-refractivity contribution < 1.29 is 60.4 Å². The van der Waals surface area contributed by atoms with Crippen molar-refractivity contribution in [3.05, 3.63) is 493 Å². The zero-order valence-electron chi connectivity index (χ0n) is 74.4. The maximum absolute atomic E-state index is 6.61. The molecule has 4 spiro atoms. The van der Waals surface area contributed by atoms with E-state index in [1.807, 2.05) is 35.6 Å². The fourth-order valence-corrected chi connectivity index (χ4v) is 26.1. The molecule has 0 amide bonds. The molecule has 17 nitrogen and oxygen atoms in total. The van der Waals surface area contributed by atoms with Gasteiger partial charge < -0.3 is 23.4 Å². The average Bonchev–Trinajstić information content (AvgIpc) is 1.51. The standard InChI is InChI=1S/C33H23N3O2.C31H19N3OS.C29H19N3O.C27H17N3O/c1-20-19-34-32(21(2)29(20)26-16-15-25(37-26)22-9-4-3-5-10-22)23-11-6-13-27-30(23)33(34)31-24(12-7-14-28(31)38-27)35-17-8-18-36(33)35;1-2-7-20(8-3-1)27-15-16-28(36-27)21-13-14-23-22-9-4-11-25-29(22)31(32(23)19-21)30-24(10-5-12-26(30)35-25)33-17-6-18-34(31)33;1-2-8-20(9-3-1)15-16-21-10-6-17-30-28(21)22-11-4-13-24-26(22)29(30)27-23(12-5-14-25(27)33-24)31-18-7-19-32(29)31;1-2-8-18(9-3-1)19-16-20-21-10-4-5-13-28(21)27-25(20)24(17-19)31-23-12-6-11-22(26(23)27)29-14-7-15-30(27)29/h3-19H,1-2H3;1-19H;1-19H;1-17H/q4*+2/b;;16-15+;. The molecule has 12 aliphatic heterocycles. The SMILES string of the molecule is C(=C\c1ccc[n+]2c1-c1cccc3c1C21c2c(cccc2-n2ccc[n+]21)O3)/c1ccccc1.Cc1c[n+]2c(c(C)c1-c1ccc(-c3ccccc3)o1)-c1cccc3c1C21c2c(cccc2-n2ccc[n+]21)O3.c1ccc(-c2cc3c4c(c2)-c2cccc[n+]2C42c4c(cccc4-n4ccc[n+]42)O3)cc1.c1ccc(-c2ccc(-c3ccc4[n+](c3)C35c6c(cccc6-4)Oc4cccc(c43)-n3ccc[n+]35)s2)cc1. The normalized spacial score (nSPS) is 17.5. The lowest BCUT2D eigenvalue weighted by Crippen LogP contribution is -2.73. The summed E-state index contributed by atoms with van der Waals surface area (Å²) in [6.07, 6.45) is 30.7. The van der Waals surface area contributed by atoms with Crippen molar-refractivity contribution >= 4 is 23.5 Å². The van der Waals surface area contributed by atoms with Crippen molar-refractivity contribution in [3.63, 3.8) is 0 Å². The summed E-state index contributed by atoms with van der Waals surface area (Å²) < 4.78 is 60.8. The number of fused-ring (bicyclic) bond motifs is 16. The predicted molar refractivity (Wildman–Crippen MR) is 521 cm³/mol. The summed E-state index contributed by atoms with van der Waals surface area (Å²) in [6, 6.07) is 123. The van der Waals surface area contributed by atoms with E-state index in [0.717, 1.165) is 91.4 Å². The largest absolute Gasteiger partial charge is 0.456 e. The Bertz CT molecular complexity index is 9180. The van der Waals surface area contributed by atoms with Crippen LogP contribution < -0.4 is 55.9 Å². The van der Waals surface area contributed by atoms with Gasteiger partial charge in [-0.1, -0.05) is 170 Å². The van der Waals surface area contributed by atoms with E-state index in [2.05, 4.69) is 484 Å². The number of furan rings is 1. The molecule has 34 rings (SSSR count). The molecule has 646 valence electrons. The third-order valence-corrected chi connectivity index (χ3v) is 31.3.